The zero-order valence-corrected chi connectivity index (χ0v) is 18.0. The van der Waals surface area contributed by atoms with Crippen molar-refractivity contribution in [3.63, 3.8) is 0 Å². The number of hydrogen-bond acceptors (Lipinski definition) is 4. The fourth-order valence-electron chi connectivity index (χ4n) is 2.93. The molecular formula is C26H26N4O. The van der Waals surface area contributed by atoms with Crippen molar-refractivity contribution < 1.29 is 4.79 Å². The van der Waals surface area contributed by atoms with Gasteiger partial charge in [0.15, 0.2) is 0 Å². The molecule has 0 atom stereocenters. The summed E-state index contributed by atoms with van der Waals surface area (Å²) in [6, 6.07) is 26.7. The quantitative estimate of drug-likeness (QED) is 0.395. The van der Waals surface area contributed by atoms with Gasteiger partial charge in [-0.05, 0) is 42.8 Å². The molecule has 156 valence electrons. The van der Waals surface area contributed by atoms with Crippen LogP contribution >= 0.6 is 0 Å². The van der Waals surface area contributed by atoms with E-state index in [1.807, 2.05) is 99.6 Å². The van der Waals surface area contributed by atoms with Gasteiger partial charge in [0.1, 0.15) is 0 Å². The minimum atomic E-state index is -0.168. The summed E-state index contributed by atoms with van der Waals surface area (Å²) in [6.07, 6.45) is 1.72. The summed E-state index contributed by atoms with van der Waals surface area (Å²) in [5.41, 5.74) is 4.95. The van der Waals surface area contributed by atoms with E-state index in [0.717, 1.165) is 28.2 Å². The summed E-state index contributed by atoms with van der Waals surface area (Å²) in [4.78, 5) is 21.5. The Kier molecular flexibility index (Phi) is 7.49. The second-order valence-corrected chi connectivity index (χ2v) is 6.61. The van der Waals surface area contributed by atoms with Crippen LogP contribution in [-0.2, 0) is 0 Å². The Morgan fingerprint density at radius 2 is 1.52 bits per heavy atom. The standard InChI is InChI=1S/C24H20N4O.C2H6/c1-17-12-13-19(23(29)26-20-10-6-3-7-11-20)16-22(17)28-24-25-15-14-21(27-24)18-8-4-2-5-9-18;1-2/h2-16H,1H3,(H,26,29)(H,25,27,28);1-2H3. The smallest absolute Gasteiger partial charge is 0.255 e. The van der Waals surface area contributed by atoms with Crippen LogP contribution in [0, 0.1) is 6.92 Å². The Morgan fingerprint density at radius 3 is 2.23 bits per heavy atom. The predicted molar refractivity (Wildman–Crippen MR) is 128 cm³/mol. The van der Waals surface area contributed by atoms with E-state index >= 15 is 0 Å². The number of aryl methyl sites for hydroxylation is 1. The van der Waals surface area contributed by atoms with Gasteiger partial charge in [0, 0.05) is 28.7 Å². The Hall–Kier alpha value is -3.99. The number of benzene rings is 3. The van der Waals surface area contributed by atoms with Crippen LogP contribution in [0.15, 0.2) is 91.1 Å². The van der Waals surface area contributed by atoms with Crippen molar-refractivity contribution >= 4 is 23.2 Å². The molecule has 3 aromatic carbocycles. The van der Waals surface area contributed by atoms with Crippen molar-refractivity contribution in [2.45, 2.75) is 20.8 Å². The number of carbonyl (C=O) groups is 1. The molecule has 4 rings (SSSR count). The van der Waals surface area contributed by atoms with Crippen molar-refractivity contribution in [3.8, 4) is 11.3 Å². The number of anilines is 3. The molecule has 0 unspecified atom stereocenters. The molecule has 0 spiro atoms. The lowest BCUT2D eigenvalue weighted by atomic mass is 10.1. The third-order valence-electron chi connectivity index (χ3n) is 4.50. The van der Waals surface area contributed by atoms with E-state index in [2.05, 4.69) is 20.6 Å². The minimum absolute atomic E-state index is 0.168. The van der Waals surface area contributed by atoms with Gasteiger partial charge in [-0.2, -0.15) is 0 Å². The van der Waals surface area contributed by atoms with Crippen LogP contribution in [0.3, 0.4) is 0 Å². The fourth-order valence-corrected chi connectivity index (χ4v) is 2.93. The van der Waals surface area contributed by atoms with Crippen molar-refractivity contribution in [1.82, 2.24) is 9.97 Å². The van der Waals surface area contributed by atoms with Crippen LogP contribution in [0.4, 0.5) is 17.3 Å². The third kappa shape index (κ3) is 5.76. The Balaban J connectivity index is 0.00000132. The molecule has 1 aromatic heterocycles. The molecule has 0 aliphatic carbocycles. The molecule has 1 amide bonds. The van der Waals surface area contributed by atoms with Gasteiger partial charge < -0.3 is 10.6 Å². The van der Waals surface area contributed by atoms with Gasteiger partial charge >= 0.3 is 0 Å². The zero-order chi connectivity index (χ0) is 22.1. The summed E-state index contributed by atoms with van der Waals surface area (Å²) in [6.45, 7) is 5.97. The highest BCUT2D eigenvalue weighted by molar-refractivity contribution is 6.05. The molecule has 0 saturated heterocycles. The van der Waals surface area contributed by atoms with Gasteiger partial charge in [-0.1, -0.05) is 68.4 Å². The zero-order valence-electron chi connectivity index (χ0n) is 18.0. The average Bonchev–Trinajstić information content (AvgIpc) is 2.83. The topological polar surface area (TPSA) is 66.9 Å². The second-order valence-electron chi connectivity index (χ2n) is 6.61. The first-order valence-electron chi connectivity index (χ1n) is 10.3. The molecule has 4 aromatic rings. The summed E-state index contributed by atoms with van der Waals surface area (Å²) in [7, 11) is 0. The highest BCUT2D eigenvalue weighted by Gasteiger charge is 2.10. The molecule has 0 aliphatic heterocycles. The molecule has 2 N–H and O–H groups in total. The van der Waals surface area contributed by atoms with Crippen LogP contribution < -0.4 is 10.6 Å². The first-order valence-corrected chi connectivity index (χ1v) is 10.3. The maximum absolute atomic E-state index is 12.6. The molecule has 5 nitrogen and oxygen atoms in total. The van der Waals surface area contributed by atoms with Crippen molar-refractivity contribution in [2.75, 3.05) is 10.6 Å². The number of nitrogens with zero attached hydrogens (tertiary/aromatic N) is 2. The lowest BCUT2D eigenvalue weighted by Crippen LogP contribution is -2.12. The monoisotopic (exact) mass is 410 g/mol. The second kappa shape index (κ2) is 10.7. The normalized spacial score (nSPS) is 9.90. The van der Waals surface area contributed by atoms with E-state index in [1.54, 1.807) is 12.3 Å². The summed E-state index contributed by atoms with van der Waals surface area (Å²) >= 11 is 0. The first kappa shape index (κ1) is 21.7. The number of nitrogens with one attached hydrogen (secondary N) is 2. The predicted octanol–water partition coefficient (Wildman–Crippen LogP) is 6.47. The first-order chi connectivity index (χ1) is 15.2. The van der Waals surface area contributed by atoms with Crippen LogP contribution in [0.1, 0.15) is 29.8 Å². The van der Waals surface area contributed by atoms with Gasteiger partial charge in [0.25, 0.3) is 5.91 Å². The summed E-state index contributed by atoms with van der Waals surface area (Å²) < 4.78 is 0. The van der Waals surface area contributed by atoms with Gasteiger partial charge in [-0.3, -0.25) is 4.79 Å². The number of amides is 1. The van der Waals surface area contributed by atoms with E-state index in [1.165, 1.54) is 0 Å². The minimum Gasteiger partial charge on any atom is -0.324 e. The molecule has 1 heterocycles. The maximum Gasteiger partial charge on any atom is 0.255 e. The van der Waals surface area contributed by atoms with E-state index < -0.39 is 0 Å². The van der Waals surface area contributed by atoms with Gasteiger partial charge in [-0.25, -0.2) is 9.97 Å². The van der Waals surface area contributed by atoms with E-state index in [0.29, 0.717) is 11.5 Å². The SMILES string of the molecule is CC.Cc1ccc(C(=O)Nc2ccccc2)cc1Nc1nccc(-c2ccccc2)n1. The Bertz CT molecular complexity index is 1130. The van der Waals surface area contributed by atoms with Gasteiger partial charge in [-0.15, -0.1) is 0 Å². The lowest BCUT2D eigenvalue weighted by Gasteiger charge is -2.12. The van der Waals surface area contributed by atoms with Crippen LogP contribution in [0.2, 0.25) is 0 Å². The van der Waals surface area contributed by atoms with Gasteiger partial charge in [0.05, 0.1) is 5.69 Å². The molecular weight excluding hydrogens is 384 g/mol. The van der Waals surface area contributed by atoms with E-state index in [4.69, 9.17) is 0 Å². The molecule has 0 aliphatic rings. The van der Waals surface area contributed by atoms with E-state index in [9.17, 15) is 4.79 Å². The summed E-state index contributed by atoms with van der Waals surface area (Å²) in [5, 5.41) is 6.14. The van der Waals surface area contributed by atoms with Crippen LogP contribution in [0.5, 0.6) is 0 Å². The maximum atomic E-state index is 12.6. The van der Waals surface area contributed by atoms with E-state index in [-0.39, 0.29) is 5.91 Å². The molecule has 0 saturated carbocycles. The van der Waals surface area contributed by atoms with Crippen molar-refractivity contribution in [3.05, 3.63) is 102 Å². The molecule has 31 heavy (non-hydrogen) atoms. The number of aromatic nitrogens is 2. The molecule has 5 heteroatoms. The molecule has 0 bridgehead atoms. The summed E-state index contributed by atoms with van der Waals surface area (Å²) in [5.74, 6) is 0.313. The highest BCUT2D eigenvalue weighted by Crippen LogP contribution is 2.23. The van der Waals surface area contributed by atoms with Gasteiger partial charge in [0.2, 0.25) is 5.95 Å². The lowest BCUT2D eigenvalue weighted by molar-refractivity contribution is 0.102. The van der Waals surface area contributed by atoms with Crippen molar-refractivity contribution in [1.29, 1.82) is 0 Å². The Labute approximate surface area is 183 Å². The largest absolute Gasteiger partial charge is 0.324 e. The number of hydrogen-bond donors (Lipinski definition) is 2. The fraction of sp³-hybridized carbons (Fsp3) is 0.115. The number of rotatable bonds is 5. The number of carbonyl (C=O) groups excluding carboxylic acids is 1. The molecule has 0 fully saturated rings. The van der Waals surface area contributed by atoms with Crippen LogP contribution in [-0.4, -0.2) is 15.9 Å². The molecule has 0 radical (unpaired) electrons. The average molecular weight is 411 g/mol. The van der Waals surface area contributed by atoms with Crippen molar-refractivity contribution in [2.24, 2.45) is 0 Å². The Morgan fingerprint density at radius 1 is 0.839 bits per heavy atom. The van der Waals surface area contributed by atoms with Crippen LogP contribution in [0.25, 0.3) is 11.3 Å². The highest BCUT2D eigenvalue weighted by atomic mass is 16.1. The number of para-hydroxylation sites is 1. The third-order valence-corrected chi connectivity index (χ3v) is 4.50.